The topological polar surface area (TPSA) is 52.7 Å². The molecule has 0 fully saturated rings. The van der Waals surface area contributed by atoms with Gasteiger partial charge in [0.05, 0.1) is 18.6 Å². The van der Waals surface area contributed by atoms with E-state index < -0.39 is 0 Å². The first-order valence-corrected chi connectivity index (χ1v) is 6.73. The van der Waals surface area contributed by atoms with Gasteiger partial charge in [-0.2, -0.15) is 5.10 Å². The van der Waals surface area contributed by atoms with E-state index in [1.54, 1.807) is 0 Å². The Morgan fingerprint density at radius 3 is 2.84 bits per heavy atom. The second-order valence-corrected chi connectivity index (χ2v) is 5.06. The first kappa shape index (κ1) is 14.1. The van der Waals surface area contributed by atoms with Crippen molar-refractivity contribution in [3.05, 3.63) is 44.8 Å². The molecule has 0 amide bonds. The van der Waals surface area contributed by atoms with Crippen LogP contribution >= 0.6 is 23.2 Å². The van der Waals surface area contributed by atoms with E-state index in [9.17, 15) is 4.79 Å². The van der Waals surface area contributed by atoms with Crippen LogP contribution in [-0.2, 0) is 6.54 Å². The van der Waals surface area contributed by atoms with Crippen LogP contribution in [0, 0.1) is 0 Å². The van der Waals surface area contributed by atoms with Crippen LogP contribution in [-0.4, -0.2) is 19.3 Å². The number of halogens is 2. The van der Waals surface area contributed by atoms with Crippen LogP contribution in [0.25, 0.3) is 0 Å². The summed E-state index contributed by atoms with van der Waals surface area (Å²) in [6.07, 6.45) is 4.27. The van der Waals surface area contributed by atoms with E-state index in [4.69, 9.17) is 23.2 Å². The average molecular weight is 301 g/mol. The van der Waals surface area contributed by atoms with E-state index >= 15 is 0 Å². The fourth-order valence-electron chi connectivity index (χ4n) is 1.63. The molecule has 0 aromatic carbocycles. The molecule has 5 nitrogen and oxygen atoms in total. The third kappa shape index (κ3) is 2.98. The number of aromatic nitrogens is 4. The minimum Gasteiger partial charge on any atom is -0.292 e. The summed E-state index contributed by atoms with van der Waals surface area (Å²) in [4.78, 5) is 15.7. The van der Waals surface area contributed by atoms with Gasteiger partial charge in [-0.25, -0.2) is 4.98 Å². The Bertz CT molecular complexity index is 635. The van der Waals surface area contributed by atoms with Crippen molar-refractivity contribution < 1.29 is 0 Å². The predicted molar refractivity (Wildman–Crippen MR) is 74.8 cm³/mol. The second-order valence-electron chi connectivity index (χ2n) is 4.33. The molecule has 0 aliphatic carbocycles. The third-order valence-electron chi connectivity index (χ3n) is 2.98. The van der Waals surface area contributed by atoms with E-state index in [0.29, 0.717) is 12.6 Å². The van der Waals surface area contributed by atoms with Gasteiger partial charge in [0.1, 0.15) is 5.02 Å². The lowest BCUT2D eigenvalue weighted by atomic mass is 10.3. The van der Waals surface area contributed by atoms with Gasteiger partial charge in [-0.1, -0.05) is 30.1 Å². The molecule has 0 aliphatic heterocycles. The molecule has 1 atom stereocenters. The minimum absolute atomic E-state index is 0.0213. The molecule has 0 radical (unpaired) electrons. The summed E-state index contributed by atoms with van der Waals surface area (Å²) in [6, 6.07) is 2.21. The smallest absolute Gasteiger partial charge is 0.274 e. The van der Waals surface area contributed by atoms with Crippen molar-refractivity contribution in [1.29, 1.82) is 0 Å². The Morgan fingerprint density at radius 2 is 2.16 bits per heavy atom. The van der Waals surface area contributed by atoms with Crippen LogP contribution in [0.5, 0.6) is 0 Å². The highest BCUT2D eigenvalue weighted by Crippen LogP contribution is 2.13. The zero-order valence-electron chi connectivity index (χ0n) is 10.7. The van der Waals surface area contributed by atoms with Gasteiger partial charge in [-0.05, 0) is 19.4 Å². The summed E-state index contributed by atoms with van der Waals surface area (Å²) < 4.78 is 3.27. The van der Waals surface area contributed by atoms with Crippen molar-refractivity contribution in [2.45, 2.75) is 32.9 Å². The maximum atomic E-state index is 11.9. The monoisotopic (exact) mass is 300 g/mol. The summed E-state index contributed by atoms with van der Waals surface area (Å²) in [5.41, 5.74) is 0.419. The second kappa shape index (κ2) is 5.75. The fourth-order valence-corrected chi connectivity index (χ4v) is 1.91. The summed E-state index contributed by atoms with van der Waals surface area (Å²) >= 11 is 11.5. The van der Waals surface area contributed by atoms with E-state index in [2.05, 4.69) is 23.9 Å². The van der Waals surface area contributed by atoms with Crippen molar-refractivity contribution in [2.75, 3.05) is 0 Å². The summed E-state index contributed by atoms with van der Waals surface area (Å²) in [6.45, 7) is 4.51. The van der Waals surface area contributed by atoms with Gasteiger partial charge in [0.15, 0.2) is 5.15 Å². The van der Waals surface area contributed by atoms with Gasteiger partial charge in [-0.3, -0.25) is 14.0 Å². The van der Waals surface area contributed by atoms with Gasteiger partial charge in [0, 0.05) is 12.2 Å². The first-order chi connectivity index (χ1) is 9.02. The molecular formula is C12H14Cl2N4O. The lowest BCUT2D eigenvalue weighted by molar-refractivity contribution is 0.472. The van der Waals surface area contributed by atoms with Gasteiger partial charge in [0.2, 0.25) is 0 Å². The molecule has 0 aliphatic rings. The van der Waals surface area contributed by atoms with Crippen molar-refractivity contribution >= 4 is 23.2 Å². The molecule has 102 valence electrons. The zero-order chi connectivity index (χ0) is 14.0. The van der Waals surface area contributed by atoms with Crippen molar-refractivity contribution in [3.8, 4) is 0 Å². The third-order valence-corrected chi connectivity index (χ3v) is 3.70. The zero-order valence-corrected chi connectivity index (χ0v) is 12.2. The Morgan fingerprint density at radius 1 is 1.42 bits per heavy atom. The summed E-state index contributed by atoms with van der Waals surface area (Å²) in [5, 5.41) is 4.38. The van der Waals surface area contributed by atoms with Crippen LogP contribution in [0.4, 0.5) is 0 Å². The highest BCUT2D eigenvalue weighted by molar-refractivity contribution is 6.40. The van der Waals surface area contributed by atoms with Crippen molar-refractivity contribution in [3.63, 3.8) is 0 Å². The lowest BCUT2D eigenvalue weighted by Crippen LogP contribution is -2.22. The normalized spacial score (nSPS) is 12.6. The van der Waals surface area contributed by atoms with Crippen LogP contribution in [0.2, 0.25) is 10.2 Å². The maximum Gasteiger partial charge on any atom is 0.274 e. The van der Waals surface area contributed by atoms with E-state index in [1.165, 1.54) is 10.9 Å². The van der Waals surface area contributed by atoms with E-state index in [-0.39, 0.29) is 15.7 Å². The van der Waals surface area contributed by atoms with Crippen LogP contribution < -0.4 is 5.56 Å². The Labute approximate surface area is 120 Å². The number of hydrogen-bond donors (Lipinski definition) is 0. The molecule has 1 unspecified atom stereocenters. The molecule has 7 heteroatoms. The molecular weight excluding hydrogens is 287 g/mol. The largest absolute Gasteiger partial charge is 0.292 e. The Balaban J connectivity index is 2.25. The lowest BCUT2D eigenvalue weighted by Gasteiger charge is -2.08. The van der Waals surface area contributed by atoms with Gasteiger partial charge in [-0.15, -0.1) is 0 Å². The number of rotatable bonds is 4. The molecule has 2 aromatic heterocycles. The quantitative estimate of drug-likeness (QED) is 0.816. The molecule has 2 heterocycles. The molecule has 2 rings (SSSR count). The van der Waals surface area contributed by atoms with Gasteiger partial charge in [0.25, 0.3) is 5.56 Å². The number of hydrogen-bond acceptors (Lipinski definition) is 3. The minimum atomic E-state index is -0.361. The summed E-state index contributed by atoms with van der Waals surface area (Å²) in [7, 11) is 0. The molecule has 0 bridgehead atoms. The maximum absolute atomic E-state index is 11.9. The fraction of sp³-hybridized carbons (Fsp3) is 0.417. The van der Waals surface area contributed by atoms with Crippen molar-refractivity contribution in [2.24, 2.45) is 0 Å². The Kier molecular flexibility index (Phi) is 4.27. The standard InChI is InChI=1S/C12H14Cl2N4O/c1-3-8(2)18-5-4-9(16-18)6-17-7-15-11(14)10(13)12(17)19/h4-5,7-8H,3,6H2,1-2H3. The van der Waals surface area contributed by atoms with Crippen LogP contribution in [0.15, 0.2) is 23.4 Å². The van der Waals surface area contributed by atoms with Crippen molar-refractivity contribution in [1.82, 2.24) is 19.3 Å². The Hall–Kier alpha value is -1.33. The van der Waals surface area contributed by atoms with Gasteiger partial charge >= 0.3 is 0 Å². The molecule has 19 heavy (non-hydrogen) atoms. The van der Waals surface area contributed by atoms with Crippen LogP contribution in [0.3, 0.4) is 0 Å². The summed E-state index contributed by atoms with van der Waals surface area (Å²) in [5.74, 6) is 0. The van der Waals surface area contributed by atoms with Gasteiger partial charge < -0.3 is 0 Å². The van der Waals surface area contributed by atoms with Crippen LogP contribution in [0.1, 0.15) is 32.0 Å². The highest BCUT2D eigenvalue weighted by Gasteiger charge is 2.10. The number of nitrogens with zero attached hydrogens (tertiary/aromatic N) is 4. The highest BCUT2D eigenvalue weighted by atomic mass is 35.5. The average Bonchev–Trinajstić information content (AvgIpc) is 2.87. The predicted octanol–water partition coefficient (Wildman–Crippen LogP) is 2.77. The van der Waals surface area contributed by atoms with E-state index in [1.807, 2.05) is 16.9 Å². The molecule has 0 saturated carbocycles. The molecule has 0 saturated heterocycles. The first-order valence-electron chi connectivity index (χ1n) is 5.97. The SMILES string of the molecule is CCC(C)n1ccc(Cn2cnc(Cl)c(Cl)c2=O)n1. The van der Waals surface area contributed by atoms with E-state index in [0.717, 1.165) is 12.1 Å². The molecule has 0 spiro atoms. The molecule has 2 aromatic rings. The molecule has 0 N–H and O–H groups in total.